The molecule has 0 aromatic heterocycles. The molecule has 0 atom stereocenters. The summed E-state index contributed by atoms with van der Waals surface area (Å²) in [6, 6.07) is 8.56. The highest BCUT2D eigenvalue weighted by Crippen LogP contribution is 2.21. The van der Waals surface area contributed by atoms with Gasteiger partial charge in [-0.15, -0.1) is 0 Å². The third kappa shape index (κ3) is 3.95. The van der Waals surface area contributed by atoms with Crippen LogP contribution >= 0.6 is 0 Å². The maximum Gasteiger partial charge on any atom is 0.404 e. The van der Waals surface area contributed by atoms with E-state index in [-0.39, 0.29) is 0 Å². The van der Waals surface area contributed by atoms with E-state index in [0.29, 0.717) is 12.6 Å². The number of anilines is 1. The molecule has 18 heavy (non-hydrogen) atoms. The van der Waals surface area contributed by atoms with Crippen molar-refractivity contribution in [1.82, 2.24) is 5.32 Å². The van der Waals surface area contributed by atoms with Gasteiger partial charge in [0, 0.05) is 18.3 Å². The van der Waals surface area contributed by atoms with Crippen LogP contribution in [-0.2, 0) is 6.54 Å². The minimum absolute atomic E-state index is 0.360. The number of benzene rings is 1. The molecule has 4 nitrogen and oxygen atoms in total. The molecule has 0 bridgehead atoms. The number of carboxylic acid groups (broad SMARTS) is 1. The number of hydrogen-bond donors (Lipinski definition) is 3. The predicted octanol–water partition coefficient (Wildman–Crippen LogP) is 3.20. The summed E-state index contributed by atoms with van der Waals surface area (Å²) in [6.07, 6.45) is 5.51. The molecule has 0 radical (unpaired) electrons. The molecule has 1 amide bonds. The average molecular weight is 248 g/mol. The van der Waals surface area contributed by atoms with Gasteiger partial charge in [-0.05, 0) is 30.5 Å². The zero-order valence-electron chi connectivity index (χ0n) is 10.5. The first kappa shape index (κ1) is 12.7. The molecule has 2 rings (SSSR count). The van der Waals surface area contributed by atoms with Gasteiger partial charge in [0.05, 0.1) is 0 Å². The van der Waals surface area contributed by atoms with E-state index in [4.69, 9.17) is 5.11 Å². The maximum atomic E-state index is 10.4. The van der Waals surface area contributed by atoms with Gasteiger partial charge in [0.1, 0.15) is 0 Å². The molecule has 1 aromatic rings. The van der Waals surface area contributed by atoms with Gasteiger partial charge >= 0.3 is 6.09 Å². The van der Waals surface area contributed by atoms with E-state index < -0.39 is 6.09 Å². The lowest BCUT2D eigenvalue weighted by molar-refractivity contribution is 0.194. The largest absolute Gasteiger partial charge is 0.465 e. The van der Waals surface area contributed by atoms with Crippen molar-refractivity contribution >= 4 is 11.8 Å². The van der Waals surface area contributed by atoms with Gasteiger partial charge in [-0.3, -0.25) is 0 Å². The summed E-state index contributed by atoms with van der Waals surface area (Å²) in [5.74, 6) is 0. The SMILES string of the molecule is O=C(O)NCc1ccc(NC2CCCCC2)cc1. The van der Waals surface area contributed by atoms with Crippen LogP contribution in [0.1, 0.15) is 37.7 Å². The summed E-state index contributed by atoms with van der Waals surface area (Å²) < 4.78 is 0. The Morgan fingerprint density at radius 2 is 1.83 bits per heavy atom. The normalized spacial score (nSPS) is 16.2. The van der Waals surface area contributed by atoms with Crippen molar-refractivity contribution in [1.29, 1.82) is 0 Å². The summed E-state index contributed by atoms with van der Waals surface area (Å²) in [5.41, 5.74) is 2.10. The Morgan fingerprint density at radius 3 is 2.44 bits per heavy atom. The van der Waals surface area contributed by atoms with Crippen molar-refractivity contribution in [3.05, 3.63) is 29.8 Å². The van der Waals surface area contributed by atoms with E-state index in [1.54, 1.807) is 0 Å². The predicted molar refractivity (Wildman–Crippen MR) is 71.8 cm³/mol. The van der Waals surface area contributed by atoms with Crippen molar-refractivity contribution in [3.63, 3.8) is 0 Å². The summed E-state index contributed by atoms with van der Waals surface area (Å²) in [5, 5.41) is 14.4. The van der Waals surface area contributed by atoms with Crippen molar-refractivity contribution < 1.29 is 9.90 Å². The molecule has 1 aromatic carbocycles. The minimum Gasteiger partial charge on any atom is -0.465 e. The number of rotatable bonds is 4. The number of carbonyl (C=O) groups is 1. The molecule has 3 N–H and O–H groups in total. The molecule has 0 aliphatic heterocycles. The van der Waals surface area contributed by atoms with E-state index in [0.717, 1.165) is 11.3 Å². The highest BCUT2D eigenvalue weighted by molar-refractivity contribution is 5.64. The molecule has 4 heteroatoms. The summed E-state index contributed by atoms with van der Waals surface area (Å²) >= 11 is 0. The Kier molecular flexibility index (Phi) is 4.45. The van der Waals surface area contributed by atoms with Gasteiger partial charge in [0.15, 0.2) is 0 Å². The van der Waals surface area contributed by atoms with Crippen molar-refractivity contribution in [2.24, 2.45) is 0 Å². The Labute approximate surface area is 107 Å². The van der Waals surface area contributed by atoms with Crippen molar-refractivity contribution in [3.8, 4) is 0 Å². The van der Waals surface area contributed by atoms with Crippen LogP contribution in [0, 0.1) is 0 Å². The lowest BCUT2D eigenvalue weighted by Gasteiger charge is -2.23. The van der Waals surface area contributed by atoms with Gasteiger partial charge in [-0.2, -0.15) is 0 Å². The summed E-state index contributed by atoms with van der Waals surface area (Å²) in [6.45, 7) is 0.360. The topological polar surface area (TPSA) is 61.4 Å². The van der Waals surface area contributed by atoms with E-state index in [9.17, 15) is 4.79 Å². The molecule has 0 unspecified atom stereocenters. The third-order valence-corrected chi connectivity index (χ3v) is 3.37. The Hall–Kier alpha value is -1.71. The first-order chi connectivity index (χ1) is 8.74. The molecule has 0 heterocycles. The molecule has 0 saturated heterocycles. The van der Waals surface area contributed by atoms with Crippen LogP contribution in [0.2, 0.25) is 0 Å². The zero-order chi connectivity index (χ0) is 12.8. The maximum absolute atomic E-state index is 10.4. The lowest BCUT2D eigenvalue weighted by atomic mass is 9.95. The minimum atomic E-state index is -0.987. The van der Waals surface area contributed by atoms with E-state index in [2.05, 4.69) is 10.6 Å². The average Bonchev–Trinajstić information content (AvgIpc) is 2.39. The van der Waals surface area contributed by atoms with E-state index >= 15 is 0 Å². The Bertz CT molecular complexity index is 383. The Balaban J connectivity index is 1.84. The second kappa shape index (κ2) is 6.28. The molecule has 1 saturated carbocycles. The third-order valence-electron chi connectivity index (χ3n) is 3.37. The summed E-state index contributed by atoms with van der Waals surface area (Å²) in [7, 11) is 0. The van der Waals surface area contributed by atoms with Crippen LogP contribution in [0.25, 0.3) is 0 Å². The standard InChI is InChI=1S/C14H20N2O2/c17-14(18)15-10-11-6-8-13(9-7-11)16-12-4-2-1-3-5-12/h6-9,12,15-16H,1-5,10H2,(H,17,18). The van der Waals surface area contributed by atoms with E-state index in [1.807, 2.05) is 24.3 Å². The van der Waals surface area contributed by atoms with E-state index in [1.165, 1.54) is 32.1 Å². The molecule has 1 fully saturated rings. The first-order valence-electron chi connectivity index (χ1n) is 6.56. The molecular formula is C14H20N2O2. The number of amides is 1. The smallest absolute Gasteiger partial charge is 0.404 e. The van der Waals surface area contributed by atoms with Crippen LogP contribution in [0.5, 0.6) is 0 Å². The quantitative estimate of drug-likeness (QED) is 0.766. The second-order valence-corrected chi connectivity index (χ2v) is 4.83. The van der Waals surface area contributed by atoms with Crippen LogP contribution in [0.3, 0.4) is 0 Å². The fourth-order valence-corrected chi connectivity index (χ4v) is 2.38. The van der Waals surface area contributed by atoms with Gasteiger partial charge in [-0.1, -0.05) is 31.4 Å². The molecule has 1 aliphatic carbocycles. The molecule has 1 aliphatic rings. The van der Waals surface area contributed by atoms with Crippen molar-refractivity contribution in [2.45, 2.75) is 44.7 Å². The first-order valence-corrected chi connectivity index (χ1v) is 6.56. The van der Waals surface area contributed by atoms with Gasteiger partial charge in [0.2, 0.25) is 0 Å². The monoisotopic (exact) mass is 248 g/mol. The highest BCUT2D eigenvalue weighted by Gasteiger charge is 2.12. The zero-order valence-corrected chi connectivity index (χ0v) is 10.5. The van der Waals surface area contributed by atoms with Gasteiger partial charge < -0.3 is 15.7 Å². The fraction of sp³-hybridized carbons (Fsp3) is 0.500. The number of hydrogen-bond acceptors (Lipinski definition) is 2. The molecule has 98 valence electrons. The van der Waals surface area contributed by atoms with Gasteiger partial charge in [-0.25, -0.2) is 4.79 Å². The summed E-state index contributed by atoms with van der Waals surface area (Å²) in [4.78, 5) is 10.4. The van der Waals surface area contributed by atoms with Crippen LogP contribution in [0.4, 0.5) is 10.5 Å². The van der Waals surface area contributed by atoms with Crippen molar-refractivity contribution in [2.75, 3.05) is 5.32 Å². The van der Waals surface area contributed by atoms with Crippen LogP contribution < -0.4 is 10.6 Å². The van der Waals surface area contributed by atoms with Crippen LogP contribution in [0.15, 0.2) is 24.3 Å². The molecule has 0 spiro atoms. The fourth-order valence-electron chi connectivity index (χ4n) is 2.38. The van der Waals surface area contributed by atoms with Crippen LogP contribution in [-0.4, -0.2) is 17.2 Å². The highest BCUT2D eigenvalue weighted by atomic mass is 16.4. The lowest BCUT2D eigenvalue weighted by Crippen LogP contribution is -2.22. The molecular weight excluding hydrogens is 228 g/mol. The second-order valence-electron chi connectivity index (χ2n) is 4.83. The van der Waals surface area contributed by atoms with Gasteiger partial charge in [0.25, 0.3) is 0 Å². The number of nitrogens with one attached hydrogen (secondary N) is 2. The Morgan fingerprint density at radius 1 is 1.17 bits per heavy atom.